The first-order valence-electron chi connectivity index (χ1n) is 9.81. The summed E-state index contributed by atoms with van der Waals surface area (Å²) in [4.78, 5) is 47.5. The Morgan fingerprint density at radius 3 is 2.38 bits per heavy atom. The number of fused-ring (bicyclic) bond motifs is 1. The molecule has 1 aliphatic heterocycles. The van der Waals surface area contributed by atoms with E-state index in [0.717, 1.165) is 0 Å². The minimum Gasteiger partial charge on any atom is -0.465 e. The van der Waals surface area contributed by atoms with Gasteiger partial charge in [-0.1, -0.05) is 0 Å². The molecule has 0 N–H and O–H groups in total. The molecule has 4 rings (SSSR count). The third-order valence-electron chi connectivity index (χ3n) is 5.20. The lowest BCUT2D eigenvalue weighted by atomic mass is 10.0. The third kappa shape index (κ3) is 3.49. The SMILES string of the molecule is COC(=O)c1cnccc1-c1c(-c2ccc(F)cc2)nc2n1N(C(C)=O)CCN2C(C)=O. The van der Waals surface area contributed by atoms with Gasteiger partial charge in [-0.25, -0.2) is 23.9 Å². The number of halogens is 1. The molecule has 0 radical (unpaired) electrons. The van der Waals surface area contributed by atoms with Crippen LogP contribution >= 0.6 is 0 Å². The molecular weight excluding hydrogens is 417 g/mol. The molecule has 0 unspecified atom stereocenters. The van der Waals surface area contributed by atoms with E-state index in [2.05, 4.69) is 9.97 Å². The summed E-state index contributed by atoms with van der Waals surface area (Å²) in [7, 11) is 1.26. The van der Waals surface area contributed by atoms with Crippen molar-refractivity contribution >= 4 is 23.7 Å². The topological polar surface area (TPSA) is 97.6 Å². The zero-order chi connectivity index (χ0) is 23.0. The second-order valence-corrected chi connectivity index (χ2v) is 7.15. The fourth-order valence-electron chi connectivity index (χ4n) is 3.72. The highest BCUT2D eigenvalue weighted by atomic mass is 19.1. The molecule has 0 saturated carbocycles. The molecule has 10 heteroatoms. The summed E-state index contributed by atoms with van der Waals surface area (Å²) in [6.07, 6.45) is 2.86. The van der Waals surface area contributed by atoms with Gasteiger partial charge in [-0.2, -0.15) is 0 Å². The first kappa shape index (κ1) is 21.2. The van der Waals surface area contributed by atoms with Crippen molar-refractivity contribution < 1.29 is 23.5 Å². The van der Waals surface area contributed by atoms with Gasteiger partial charge in [0.2, 0.25) is 17.8 Å². The Bertz CT molecular complexity index is 1220. The van der Waals surface area contributed by atoms with Gasteiger partial charge in [-0.15, -0.1) is 0 Å². The Hall–Kier alpha value is -4.08. The Kier molecular flexibility index (Phi) is 5.43. The largest absolute Gasteiger partial charge is 0.465 e. The molecule has 0 bridgehead atoms. The van der Waals surface area contributed by atoms with Crippen LogP contribution in [-0.4, -0.2) is 52.6 Å². The Morgan fingerprint density at radius 1 is 1.03 bits per heavy atom. The number of esters is 1. The summed E-state index contributed by atoms with van der Waals surface area (Å²) in [5, 5.41) is 1.45. The summed E-state index contributed by atoms with van der Waals surface area (Å²) < 4.78 is 20.0. The molecule has 0 spiro atoms. The smallest absolute Gasteiger partial charge is 0.340 e. The van der Waals surface area contributed by atoms with Crippen molar-refractivity contribution in [3.63, 3.8) is 0 Å². The number of carbonyl (C=O) groups is 3. The van der Waals surface area contributed by atoms with Gasteiger partial charge >= 0.3 is 5.97 Å². The highest BCUT2D eigenvalue weighted by Gasteiger charge is 2.35. The summed E-state index contributed by atoms with van der Waals surface area (Å²) in [6, 6.07) is 7.27. The van der Waals surface area contributed by atoms with Crippen molar-refractivity contribution in [2.45, 2.75) is 13.8 Å². The van der Waals surface area contributed by atoms with Crippen LogP contribution in [0.2, 0.25) is 0 Å². The van der Waals surface area contributed by atoms with E-state index in [1.807, 2.05) is 0 Å². The van der Waals surface area contributed by atoms with Crippen LogP contribution in [0.15, 0.2) is 42.7 Å². The number of nitrogens with zero attached hydrogens (tertiary/aromatic N) is 5. The predicted octanol–water partition coefficient (Wildman–Crippen LogP) is 2.39. The number of methoxy groups -OCH3 is 1. The zero-order valence-electron chi connectivity index (χ0n) is 17.7. The van der Waals surface area contributed by atoms with Crippen LogP contribution < -0.4 is 9.91 Å². The molecule has 0 atom stereocenters. The monoisotopic (exact) mass is 437 g/mol. The van der Waals surface area contributed by atoms with Crippen LogP contribution in [-0.2, 0) is 14.3 Å². The van der Waals surface area contributed by atoms with Crippen molar-refractivity contribution in [3.05, 3.63) is 54.1 Å². The van der Waals surface area contributed by atoms with E-state index in [-0.39, 0.29) is 36.4 Å². The van der Waals surface area contributed by atoms with Gasteiger partial charge in [0.05, 0.1) is 19.2 Å². The second-order valence-electron chi connectivity index (χ2n) is 7.15. The van der Waals surface area contributed by atoms with Crippen LogP contribution in [0.4, 0.5) is 10.3 Å². The van der Waals surface area contributed by atoms with Crippen molar-refractivity contribution in [2.75, 3.05) is 30.1 Å². The van der Waals surface area contributed by atoms with E-state index >= 15 is 0 Å². The molecule has 164 valence electrons. The molecule has 32 heavy (non-hydrogen) atoms. The van der Waals surface area contributed by atoms with E-state index < -0.39 is 11.8 Å². The maximum Gasteiger partial charge on any atom is 0.340 e. The quantitative estimate of drug-likeness (QED) is 0.584. The number of aromatic nitrogens is 3. The Labute approximate surface area is 183 Å². The van der Waals surface area contributed by atoms with Gasteiger partial charge in [0.15, 0.2) is 0 Å². The van der Waals surface area contributed by atoms with Crippen LogP contribution in [0.25, 0.3) is 22.5 Å². The van der Waals surface area contributed by atoms with Gasteiger partial charge in [0.25, 0.3) is 0 Å². The molecular formula is C22H20FN5O4. The number of benzene rings is 1. The van der Waals surface area contributed by atoms with E-state index in [1.54, 1.807) is 18.2 Å². The lowest BCUT2D eigenvalue weighted by Crippen LogP contribution is -2.52. The fourth-order valence-corrected chi connectivity index (χ4v) is 3.72. The molecule has 1 aromatic carbocycles. The normalized spacial score (nSPS) is 13.0. The average Bonchev–Trinajstić information content (AvgIpc) is 3.18. The van der Waals surface area contributed by atoms with E-state index in [0.29, 0.717) is 22.5 Å². The van der Waals surface area contributed by atoms with Crippen LogP contribution in [0.3, 0.4) is 0 Å². The minimum atomic E-state index is -0.623. The summed E-state index contributed by atoms with van der Waals surface area (Å²) in [5.41, 5.74) is 1.86. The van der Waals surface area contributed by atoms with E-state index in [1.165, 1.54) is 60.1 Å². The third-order valence-corrected chi connectivity index (χ3v) is 5.20. The fraction of sp³-hybridized carbons (Fsp3) is 0.227. The van der Waals surface area contributed by atoms with Crippen LogP contribution in [0.5, 0.6) is 0 Å². The van der Waals surface area contributed by atoms with Crippen LogP contribution in [0, 0.1) is 5.82 Å². The first-order chi connectivity index (χ1) is 15.3. The number of ether oxygens (including phenoxy) is 1. The number of hydrogen-bond acceptors (Lipinski definition) is 6. The van der Waals surface area contributed by atoms with Gasteiger partial charge in [-0.05, 0) is 30.3 Å². The zero-order valence-corrected chi connectivity index (χ0v) is 17.7. The number of hydrogen-bond donors (Lipinski definition) is 0. The maximum atomic E-state index is 13.6. The Balaban J connectivity index is 2.10. The number of rotatable bonds is 3. The van der Waals surface area contributed by atoms with Crippen molar-refractivity contribution in [3.8, 4) is 22.5 Å². The summed E-state index contributed by atoms with van der Waals surface area (Å²) in [5.74, 6) is -1.34. The summed E-state index contributed by atoms with van der Waals surface area (Å²) >= 11 is 0. The van der Waals surface area contributed by atoms with Gasteiger partial charge < -0.3 is 4.74 Å². The number of carbonyl (C=O) groups excluding carboxylic acids is 3. The number of anilines is 1. The summed E-state index contributed by atoms with van der Waals surface area (Å²) in [6.45, 7) is 3.30. The van der Waals surface area contributed by atoms with Crippen LogP contribution in [0.1, 0.15) is 24.2 Å². The molecule has 0 saturated heterocycles. The molecule has 2 amide bonds. The second kappa shape index (κ2) is 8.22. The van der Waals surface area contributed by atoms with Gasteiger partial charge in [-0.3, -0.25) is 19.5 Å². The first-order valence-corrected chi connectivity index (χ1v) is 9.81. The average molecular weight is 437 g/mol. The van der Waals surface area contributed by atoms with Crippen molar-refractivity contribution in [1.29, 1.82) is 0 Å². The van der Waals surface area contributed by atoms with Gasteiger partial charge in [0.1, 0.15) is 17.2 Å². The number of imidazole rings is 1. The highest BCUT2D eigenvalue weighted by molar-refractivity contribution is 6.01. The predicted molar refractivity (Wildman–Crippen MR) is 114 cm³/mol. The lowest BCUT2D eigenvalue weighted by molar-refractivity contribution is -0.119. The molecule has 9 nitrogen and oxygen atoms in total. The molecule has 3 heterocycles. The molecule has 1 aliphatic rings. The standard InChI is InChI=1S/C22H20FN5O4/c1-13(29)26-10-11-27(14(2)30)28-20(17-8-9-24-12-18(17)21(31)32-3)19(25-22(26)28)15-4-6-16(23)7-5-15/h4-9,12H,10-11H2,1-3H3. The molecule has 0 aliphatic carbocycles. The molecule has 2 aromatic heterocycles. The van der Waals surface area contributed by atoms with E-state index in [9.17, 15) is 18.8 Å². The highest BCUT2D eigenvalue weighted by Crippen LogP contribution is 2.39. The van der Waals surface area contributed by atoms with Crippen molar-refractivity contribution in [1.82, 2.24) is 14.6 Å². The maximum absolute atomic E-state index is 13.6. The Morgan fingerprint density at radius 2 is 1.75 bits per heavy atom. The van der Waals surface area contributed by atoms with Gasteiger partial charge in [0, 0.05) is 43.9 Å². The minimum absolute atomic E-state index is 0.157. The lowest BCUT2D eigenvalue weighted by Gasteiger charge is -2.35. The molecule has 0 fully saturated rings. The van der Waals surface area contributed by atoms with Crippen molar-refractivity contribution in [2.24, 2.45) is 0 Å². The molecule has 3 aromatic rings. The number of amides is 2. The number of pyridine rings is 1. The van der Waals surface area contributed by atoms with E-state index in [4.69, 9.17) is 4.74 Å².